The first kappa shape index (κ1) is 17.6. The smallest absolute Gasteiger partial charge is 0.238 e. The van der Waals surface area contributed by atoms with Gasteiger partial charge in [-0.05, 0) is 35.4 Å². The molecular weight excluding hydrogens is 412 g/mol. The first-order valence-corrected chi connectivity index (χ1v) is 10.2. The molecule has 2 aromatic carbocycles. The van der Waals surface area contributed by atoms with Gasteiger partial charge in [0.05, 0.1) is 11.7 Å². The van der Waals surface area contributed by atoms with Crippen molar-refractivity contribution < 1.29 is 4.79 Å². The zero-order valence-electron chi connectivity index (χ0n) is 13.9. The monoisotopic (exact) mass is 429 g/mol. The van der Waals surface area contributed by atoms with Crippen molar-refractivity contribution in [2.45, 2.75) is 18.6 Å². The second-order valence-electron chi connectivity index (χ2n) is 6.23. The number of amides is 1. The quantitative estimate of drug-likeness (QED) is 0.592. The van der Waals surface area contributed by atoms with E-state index >= 15 is 0 Å². The number of H-pyrrole nitrogens is 1. The average Bonchev–Trinajstić information content (AvgIpc) is 3.14. The van der Waals surface area contributed by atoms with E-state index < -0.39 is 0 Å². The lowest BCUT2D eigenvalue weighted by atomic mass is 10.1. The first-order valence-electron chi connectivity index (χ1n) is 8.35. The van der Waals surface area contributed by atoms with E-state index in [-0.39, 0.29) is 18.0 Å². The Bertz CT molecular complexity index is 911. The van der Waals surface area contributed by atoms with Crippen molar-refractivity contribution >= 4 is 44.5 Å². The fourth-order valence-electron chi connectivity index (χ4n) is 2.98. The average molecular weight is 430 g/mol. The van der Waals surface area contributed by atoms with E-state index in [0.717, 1.165) is 26.7 Å². The zero-order chi connectivity index (χ0) is 17.9. The predicted molar refractivity (Wildman–Crippen MR) is 109 cm³/mol. The molecule has 4 rings (SSSR count). The molecule has 133 valence electrons. The lowest BCUT2D eigenvalue weighted by Gasteiger charge is -2.30. The fourth-order valence-corrected chi connectivity index (χ4v) is 4.23. The van der Waals surface area contributed by atoms with Crippen LogP contribution in [0.3, 0.4) is 0 Å². The van der Waals surface area contributed by atoms with Crippen molar-refractivity contribution in [3.05, 3.63) is 70.0 Å². The summed E-state index contributed by atoms with van der Waals surface area (Å²) in [7, 11) is 0. The Balaban J connectivity index is 1.37. The highest BCUT2D eigenvalue weighted by atomic mass is 79.9. The van der Waals surface area contributed by atoms with E-state index in [0.29, 0.717) is 6.54 Å². The van der Waals surface area contributed by atoms with E-state index in [1.54, 1.807) is 18.0 Å². The molecule has 26 heavy (non-hydrogen) atoms. The van der Waals surface area contributed by atoms with Crippen LogP contribution in [0.15, 0.2) is 53.1 Å². The van der Waals surface area contributed by atoms with Crippen LogP contribution in [0.5, 0.6) is 0 Å². The van der Waals surface area contributed by atoms with Crippen LogP contribution in [0.25, 0.3) is 10.9 Å². The minimum Gasteiger partial charge on any atom is -0.351 e. The van der Waals surface area contributed by atoms with Gasteiger partial charge in [-0.2, -0.15) is 16.9 Å². The Hall–Kier alpha value is -1.83. The number of carbonyl (C=O) groups is 1. The Morgan fingerprint density at radius 2 is 2.12 bits per heavy atom. The van der Waals surface area contributed by atoms with E-state index in [9.17, 15) is 4.79 Å². The standard InChI is InChI=1S/C19H18BrN4OS/c20-15-4-2-13(3-5-15)17-10-26-11-18(23-17)19(25)21-8-12-1-6-16-14(7-12)9-22-24-16/h1-7,9,11,17-18,23H,8,10H2,(H,21,25)(H,22,24)/t17?,18-/m0/s1. The number of aromatic nitrogens is 2. The predicted octanol–water partition coefficient (Wildman–Crippen LogP) is 3.55. The molecule has 1 saturated heterocycles. The number of halogens is 1. The summed E-state index contributed by atoms with van der Waals surface area (Å²) in [5.74, 6) is 2.89. The number of hydrogen-bond acceptors (Lipinski definition) is 4. The molecule has 5 nitrogen and oxygen atoms in total. The lowest BCUT2D eigenvalue weighted by molar-refractivity contribution is -0.122. The summed E-state index contributed by atoms with van der Waals surface area (Å²) >= 11 is 5.15. The van der Waals surface area contributed by atoms with Crippen molar-refractivity contribution in [3.8, 4) is 0 Å². The highest BCUT2D eigenvalue weighted by Crippen LogP contribution is 2.28. The minimum atomic E-state index is -0.306. The summed E-state index contributed by atoms with van der Waals surface area (Å²) in [5, 5.41) is 14.5. The van der Waals surface area contributed by atoms with Crippen LogP contribution in [0.1, 0.15) is 17.2 Å². The molecule has 0 saturated carbocycles. The number of nitrogens with one attached hydrogen (secondary N) is 3. The van der Waals surface area contributed by atoms with Gasteiger partial charge in [0.15, 0.2) is 0 Å². The molecule has 1 aliphatic rings. The van der Waals surface area contributed by atoms with Crippen LogP contribution < -0.4 is 10.6 Å². The molecule has 3 N–H and O–H groups in total. The van der Waals surface area contributed by atoms with E-state index in [1.807, 2.05) is 36.1 Å². The second-order valence-corrected chi connectivity index (χ2v) is 8.08. The van der Waals surface area contributed by atoms with Crippen LogP contribution in [-0.2, 0) is 11.3 Å². The minimum absolute atomic E-state index is 0.00778. The maximum absolute atomic E-state index is 12.6. The molecule has 0 aliphatic carbocycles. The van der Waals surface area contributed by atoms with E-state index in [1.165, 1.54) is 5.56 Å². The fraction of sp³-hybridized carbons (Fsp3) is 0.211. The molecular formula is C19H18BrN4OS. The summed E-state index contributed by atoms with van der Waals surface area (Å²) in [6.07, 6.45) is 1.79. The summed E-state index contributed by atoms with van der Waals surface area (Å²) in [6, 6.07) is 14.1. The Morgan fingerprint density at radius 1 is 1.27 bits per heavy atom. The third-order valence-corrected chi connectivity index (χ3v) is 5.92. The van der Waals surface area contributed by atoms with Crippen LogP contribution in [0, 0.1) is 5.75 Å². The molecule has 1 aliphatic heterocycles. The normalized spacial score (nSPS) is 20.2. The molecule has 1 fully saturated rings. The number of hydrogen-bond donors (Lipinski definition) is 3. The number of fused-ring (bicyclic) bond motifs is 1. The van der Waals surface area contributed by atoms with Crippen LogP contribution in [-0.4, -0.2) is 27.9 Å². The molecule has 3 aromatic rings. The zero-order valence-corrected chi connectivity index (χ0v) is 16.3. The molecule has 1 amide bonds. The van der Waals surface area contributed by atoms with Gasteiger partial charge in [-0.15, -0.1) is 0 Å². The third-order valence-electron chi connectivity index (χ3n) is 4.40. The molecule has 0 bridgehead atoms. The number of rotatable bonds is 4. The van der Waals surface area contributed by atoms with Crippen molar-refractivity contribution in [3.63, 3.8) is 0 Å². The maximum Gasteiger partial charge on any atom is 0.238 e. The van der Waals surface area contributed by atoms with Gasteiger partial charge < -0.3 is 5.32 Å². The summed E-state index contributed by atoms with van der Waals surface area (Å²) in [5.41, 5.74) is 3.24. The maximum atomic E-state index is 12.6. The van der Waals surface area contributed by atoms with Gasteiger partial charge in [0.2, 0.25) is 5.91 Å². The Labute approximate surface area is 164 Å². The van der Waals surface area contributed by atoms with E-state index in [4.69, 9.17) is 0 Å². The van der Waals surface area contributed by atoms with Crippen molar-refractivity contribution in [2.75, 3.05) is 5.75 Å². The van der Waals surface area contributed by atoms with Crippen molar-refractivity contribution in [1.29, 1.82) is 0 Å². The van der Waals surface area contributed by atoms with Gasteiger partial charge in [0.1, 0.15) is 6.04 Å². The van der Waals surface area contributed by atoms with Gasteiger partial charge in [-0.3, -0.25) is 15.2 Å². The SMILES string of the molecule is O=C(NCc1ccc2[nH]ncc2c1)[C@@H]1[CH]SCC(c2ccc(Br)cc2)N1. The number of carbonyl (C=O) groups excluding carboxylic acids is 1. The molecule has 2 heterocycles. The van der Waals surface area contributed by atoms with Gasteiger partial charge in [-0.1, -0.05) is 34.1 Å². The largest absolute Gasteiger partial charge is 0.351 e. The van der Waals surface area contributed by atoms with Crippen LogP contribution >= 0.6 is 27.7 Å². The van der Waals surface area contributed by atoms with Gasteiger partial charge in [-0.25, -0.2) is 0 Å². The lowest BCUT2D eigenvalue weighted by Crippen LogP contribution is -2.48. The molecule has 1 unspecified atom stereocenters. The Morgan fingerprint density at radius 3 is 2.96 bits per heavy atom. The number of aromatic amines is 1. The molecule has 2 atom stereocenters. The first-order chi connectivity index (χ1) is 12.7. The van der Waals surface area contributed by atoms with Gasteiger partial charge in [0, 0.05) is 34.0 Å². The third kappa shape index (κ3) is 3.95. The van der Waals surface area contributed by atoms with Crippen molar-refractivity contribution in [1.82, 2.24) is 20.8 Å². The molecule has 7 heteroatoms. The molecule has 1 aromatic heterocycles. The van der Waals surface area contributed by atoms with Crippen molar-refractivity contribution in [2.24, 2.45) is 0 Å². The number of thioether (sulfide) groups is 1. The Kier molecular flexibility index (Phi) is 5.28. The summed E-state index contributed by atoms with van der Waals surface area (Å²) < 4.78 is 1.06. The topological polar surface area (TPSA) is 69.8 Å². The number of nitrogens with zero attached hydrogens (tertiary/aromatic N) is 1. The van der Waals surface area contributed by atoms with Gasteiger partial charge in [0.25, 0.3) is 0 Å². The summed E-state index contributed by atoms with van der Waals surface area (Å²) in [6.45, 7) is 0.500. The van der Waals surface area contributed by atoms with Crippen LogP contribution in [0.2, 0.25) is 0 Å². The van der Waals surface area contributed by atoms with E-state index in [2.05, 4.69) is 48.9 Å². The number of benzene rings is 2. The van der Waals surface area contributed by atoms with Gasteiger partial charge >= 0.3 is 0 Å². The van der Waals surface area contributed by atoms with Crippen LogP contribution in [0.4, 0.5) is 0 Å². The summed E-state index contributed by atoms with van der Waals surface area (Å²) in [4.78, 5) is 12.6. The molecule has 1 radical (unpaired) electrons. The highest BCUT2D eigenvalue weighted by Gasteiger charge is 2.27. The molecule has 0 spiro atoms. The second kappa shape index (κ2) is 7.82. The highest BCUT2D eigenvalue weighted by molar-refractivity contribution is 9.10.